The average molecular weight is 274 g/mol. The van der Waals surface area contributed by atoms with Crippen LogP contribution in [0.3, 0.4) is 0 Å². The lowest BCUT2D eigenvalue weighted by atomic mass is 10.2. The molecule has 0 aliphatic carbocycles. The fourth-order valence-electron chi connectivity index (χ4n) is 1.64. The number of benzene rings is 1. The minimum atomic E-state index is -0.186. The maximum atomic E-state index is 11.0. The van der Waals surface area contributed by atoms with Gasteiger partial charge in [-0.2, -0.15) is 4.98 Å². The van der Waals surface area contributed by atoms with Gasteiger partial charge in [0.05, 0.1) is 10.6 Å². The summed E-state index contributed by atoms with van der Waals surface area (Å²) in [6, 6.07) is 10.3. The lowest BCUT2D eigenvalue weighted by molar-refractivity contribution is 0.432. The van der Waals surface area contributed by atoms with Crippen LogP contribution in [0.15, 0.2) is 51.9 Å². The summed E-state index contributed by atoms with van der Waals surface area (Å²) in [5, 5.41) is 4.44. The summed E-state index contributed by atoms with van der Waals surface area (Å²) in [4.78, 5) is 17.8. The van der Waals surface area contributed by atoms with Crippen LogP contribution in [0.2, 0.25) is 5.02 Å². The predicted molar refractivity (Wildman–Crippen MR) is 70.8 cm³/mol. The van der Waals surface area contributed by atoms with Gasteiger partial charge < -0.3 is 9.51 Å². The number of aromatic nitrogens is 3. The summed E-state index contributed by atoms with van der Waals surface area (Å²) in [6.45, 7) is 0. The third kappa shape index (κ3) is 2.28. The molecule has 0 fully saturated rings. The first-order valence-corrected chi connectivity index (χ1v) is 5.89. The molecular weight excluding hydrogens is 266 g/mol. The largest absolute Gasteiger partial charge is 0.334 e. The van der Waals surface area contributed by atoms with Crippen molar-refractivity contribution in [2.24, 2.45) is 0 Å². The highest BCUT2D eigenvalue weighted by Crippen LogP contribution is 2.26. The normalized spacial score (nSPS) is 10.6. The molecule has 0 amide bonds. The van der Waals surface area contributed by atoms with Crippen molar-refractivity contribution in [1.82, 2.24) is 15.1 Å². The van der Waals surface area contributed by atoms with Gasteiger partial charge in [0.25, 0.3) is 5.89 Å². The van der Waals surface area contributed by atoms with Crippen LogP contribution in [-0.2, 0) is 0 Å². The molecule has 0 bridgehead atoms. The van der Waals surface area contributed by atoms with Gasteiger partial charge in [-0.3, -0.25) is 4.79 Å². The molecule has 0 saturated carbocycles. The van der Waals surface area contributed by atoms with Crippen LogP contribution in [0.4, 0.5) is 0 Å². The first-order chi connectivity index (χ1) is 9.24. The number of aromatic amines is 1. The number of H-pyrrole nitrogens is 1. The van der Waals surface area contributed by atoms with E-state index in [1.807, 2.05) is 18.2 Å². The van der Waals surface area contributed by atoms with Crippen LogP contribution in [0.1, 0.15) is 0 Å². The van der Waals surface area contributed by atoms with E-state index in [0.29, 0.717) is 27.9 Å². The van der Waals surface area contributed by atoms with Gasteiger partial charge in [0, 0.05) is 17.8 Å². The van der Waals surface area contributed by atoms with E-state index in [2.05, 4.69) is 15.1 Å². The van der Waals surface area contributed by atoms with Crippen LogP contribution in [-0.4, -0.2) is 15.1 Å². The second-order valence-corrected chi connectivity index (χ2v) is 4.25. The average Bonchev–Trinajstić information content (AvgIpc) is 2.89. The standard InChI is InChI=1S/C13H8ClN3O2/c14-10-4-2-1-3-9(10)12-16-13(19-17-12)8-5-6-11(18)15-7-8/h1-7H,(H,15,18). The Morgan fingerprint density at radius 3 is 2.74 bits per heavy atom. The Balaban J connectivity index is 2.02. The Morgan fingerprint density at radius 1 is 1.16 bits per heavy atom. The number of rotatable bonds is 2. The number of hydrogen-bond acceptors (Lipinski definition) is 4. The highest BCUT2D eigenvalue weighted by Gasteiger charge is 2.12. The van der Waals surface area contributed by atoms with Crippen LogP contribution in [0.25, 0.3) is 22.8 Å². The highest BCUT2D eigenvalue weighted by atomic mass is 35.5. The number of nitrogens with zero attached hydrogens (tertiary/aromatic N) is 2. The molecule has 0 aliphatic rings. The minimum absolute atomic E-state index is 0.186. The van der Waals surface area contributed by atoms with E-state index < -0.39 is 0 Å². The third-order valence-electron chi connectivity index (χ3n) is 2.57. The second-order valence-electron chi connectivity index (χ2n) is 3.84. The molecule has 0 atom stereocenters. The van der Waals surface area contributed by atoms with Gasteiger partial charge in [-0.25, -0.2) is 0 Å². The van der Waals surface area contributed by atoms with Crippen LogP contribution < -0.4 is 5.56 Å². The zero-order chi connectivity index (χ0) is 13.2. The van der Waals surface area contributed by atoms with Crippen LogP contribution in [0, 0.1) is 0 Å². The summed E-state index contributed by atoms with van der Waals surface area (Å²) in [5.41, 5.74) is 1.16. The van der Waals surface area contributed by atoms with E-state index in [9.17, 15) is 4.79 Å². The van der Waals surface area contributed by atoms with Crippen molar-refractivity contribution < 1.29 is 4.52 Å². The zero-order valence-corrected chi connectivity index (χ0v) is 10.4. The summed E-state index contributed by atoms with van der Waals surface area (Å²) in [7, 11) is 0. The molecule has 0 saturated heterocycles. The van der Waals surface area contributed by atoms with Gasteiger partial charge >= 0.3 is 0 Å². The molecule has 5 nitrogen and oxygen atoms in total. The van der Waals surface area contributed by atoms with E-state index >= 15 is 0 Å². The molecule has 94 valence electrons. The SMILES string of the molecule is O=c1ccc(-c2nc(-c3ccccc3Cl)no2)c[nH]1. The summed E-state index contributed by atoms with van der Waals surface area (Å²) < 4.78 is 5.16. The molecule has 3 aromatic rings. The van der Waals surface area contributed by atoms with Gasteiger partial charge in [0.15, 0.2) is 0 Å². The Labute approximate surface area is 112 Å². The molecule has 3 rings (SSSR count). The van der Waals surface area contributed by atoms with Gasteiger partial charge in [-0.1, -0.05) is 28.9 Å². The Bertz CT molecular complexity index is 759. The van der Waals surface area contributed by atoms with E-state index in [0.717, 1.165) is 0 Å². The van der Waals surface area contributed by atoms with Crippen molar-refractivity contribution >= 4 is 11.6 Å². The first kappa shape index (κ1) is 11.7. The second kappa shape index (κ2) is 4.70. The molecule has 0 unspecified atom stereocenters. The summed E-state index contributed by atoms with van der Waals surface area (Å²) in [5.74, 6) is 0.734. The zero-order valence-electron chi connectivity index (χ0n) is 9.63. The fourth-order valence-corrected chi connectivity index (χ4v) is 1.86. The van der Waals surface area contributed by atoms with Crippen molar-refractivity contribution in [3.8, 4) is 22.8 Å². The van der Waals surface area contributed by atoms with Crippen molar-refractivity contribution in [3.05, 3.63) is 58.0 Å². The maximum Gasteiger partial charge on any atom is 0.259 e. The Hall–Kier alpha value is -2.40. The molecule has 0 radical (unpaired) electrons. The van der Waals surface area contributed by atoms with Gasteiger partial charge in [0.1, 0.15) is 0 Å². The van der Waals surface area contributed by atoms with E-state index in [1.165, 1.54) is 12.3 Å². The third-order valence-corrected chi connectivity index (χ3v) is 2.90. The Morgan fingerprint density at radius 2 is 2.00 bits per heavy atom. The summed E-state index contributed by atoms with van der Waals surface area (Å²) in [6.07, 6.45) is 1.52. The molecular formula is C13H8ClN3O2. The van der Waals surface area contributed by atoms with Crippen LogP contribution >= 0.6 is 11.6 Å². The topological polar surface area (TPSA) is 71.8 Å². The number of pyridine rings is 1. The molecule has 0 aliphatic heterocycles. The van der Waals surface area contributed by atoms with Crippen molar-refractivity contribution in [1.29, 1.82) is 0 Å². The predicted octanol–water partition coefficient (Wildman–Crippen LogP) is 2.75. The van der Waals surface area contributed by atoms with E-state index in [-0.39, 0.29) is 5.56 Å². The monoisotopic (exact) mass is 273 g/mol. The lowest BCUT2D eigenvalue weighted by Crippen LogP contribution is -2.01. The molecule has 6 heteroatoms. The van der Waals surface area contributed by atoms with Crippen molar-refractivity contribution in [2.45, 2.75) is 0 Å². The number of nitrogens with one attached hydrogen (secondary N) is 1. The number of halogens is 1. The maximum absolute atomic E-state index is 11.0. The van der Waals surface area contributed by atoms with Crippen LogP contribution in [0.5, 0.6) is 0 Å². The molecule has 0 spiro atoms. The van der Waals surface area contributed by atoms with Gasteiger partial charge in [-0.05, 0) is 18.2 Å². The molecule has 1 N–H and O–H groups in total. The number of hydrogen-bond donors (Lipinski definition) is 1. The summed E-state index contributed by atoms with van der Waals surface area (Å²) >= 11 is 6.07. The fraction of sp³-hybridized carbons (Fsp3) is 0. The van der Waals surface area contributed by atoms with E-state index in [4.69, 9.17) is 16.1 Å². The van der Waals surface area contributed by atoms with Crippen molar-refractivity contribution in [3.63, 3.8) is 0 Å². The highest BCUT2D eigenvalue weighted by molar-refractivity contribution is 6.33. The minimum Gasteiger partial charge on any atom is -0.334 e. The Kier molecular flexibility index (Phi) is 2.89. The van der Waals surface area contributed by atoms with E-state index in [1.54, 1.807) is 12.1 Å². The lowest BCUT2D eigenvalue weighted by Gasteiger charge is -1.96. The molecule has 1 aromatic carbocycles. The first-order valence-electron chi connectivity index (χ1n) is 5.52. The molecule has 19 heavy (non-hydrogen) atoms. The van der Waals surface area contributed by atoms with Gasteiger partial charge in [0.2, 0.25) is 11.4 Å². The van der Waals surface area contributed by atoms with Gasteiger partial charge in [-0.15, -0.1) is 0 Å². The molecule has 2 heterocycles. The van der Waals surface area contributed by atoms with Crippen molar-refractivity contribution in [2.75, 3.05) is 0 Å². The quantitative estimate of drug-likeness (QED) is 0.779. The smallest absolute Gasteiger partial charge is 0.259 e. The molecule has 2 aromatic heterocycles.